The van der Waals surface area contributed by atoms with Crippen LogP contribution in [0.4, 0.5) is 10.2 Å². The maximum Gasteiger partial charge on any atom is 0.211 e. The normalized spacial score (nSPS) is 19.6. The zero-order valence-electron chi connectivity index (χ0n) is 17.0. The average molecular weight is 467 g/mol. The summed E-state index contributed by atoms with van der Waals surface area (Å²) in [6.07, 6.45) is 8.12. The van der Waals surface area contributed by atoms with Gasteiger partial charge in [0.25, 0.3) is 0 Å². The molecule has 0 aromatic carbocycles. The topological polar surface area (TPSA) is 113 Å². The molecule has 3 aromatic rings. The Kier molecular flexibility index (Phi) is 6.40. The summed E-state index contributed by atoms with van der Waals surface area (Å²) in [4.78, 5) is 15.8. The number of nitrogens with one attached hydrogen (secondary N) is 3. The molecule has 1 saturated carbocycles. The van der Waals surface area contributed by atoms with Crippen molar-refractivity contribution in [1.82, 2.24) is 24.7 Å². The van der Waals surface area contributed by atoms with Gasteiger partial charge in [0, 0.05) is 35.4 Å². The zero-order chi connectivity index (χ0) is 22.0. The molecular weight excluding hydrogens is 443 g/mol. The smallest absolute Gasteiger partial charge is 0.211 e. The van der Waals surface area contributed by atoms with E-state index in [0.29, 0.717) is 41.3 Å². The van der Waals surface area contributed by atoms with Crippen LogP contribution in [0.3, 0.4) is 0 Å². The SMILES string of the molecule is CCCS(=O)(=O)N[C@@H]1CCCC[C@@H]1Nc1nc(-c2c[nH]c3ncc(Cl)cc23)ncc1F. The minimum Gasteiger partial charge on any atom is -0.363 e. The summed E-state index contributed by atoms with van der Waals surface area (Å²) in [6.45, 7) is 1.82. The second-order valence-electron chi connectivity index (χ2n) is 7.72. The molecular formula is C20H24ClFN6O2S. The third-order valence-electron chi connectivity index (χ3n) is 5.37. The second kappa shape index (κ2) is 9.05. The van der Waals surface area contributed by atoms with Crippen LogP contribution in [-0.2, 0) is 10.0 Å². The number of hydrogen-bond donors (Lipinski definition) is 3. The second-order valence-corrected chi connectivity index (χ2v) is 10.0. The molecule has 3 aromatic heterocycles. The van der Waals surface area contributed by atoms with Crippen LogP contribution in [0.2, 0.25) is 5.02 Å². The Bertz CT molecular complexity index is 1190. The van der Waals surface area contributed by atoms with Crippen molar-refractivity contribution in [2.75, 3.05) is 11.1 Å². The fraction of sp³-hybridized carbons (Fsp3) is 0.450. The van der Waals surface area contributed by atoms with Gasteiger partial charge in [-0.15, -0.1) is 0 Å². The highest BCUT2D eigenvalue weighted by molar-refractivity contribution is 7.89. The number of aromatic amines is 1. The summed E-state index contributed by atoms with van der Waals surface area (Å²) in [7, 11) is -3.38. The van der Waals surface area contributed by atoms with Crippen LogP contribution >= 0.6 is 11.6 Å². The number of hydrogen-bond acceptors (Lipinski definition) is 6. The van der Waals surface area contributed by atoms with Crippen molar-refractivity contribution in [2.24, 2.45) is 0 Å². The highest BCUT2D eigenvalue weighted by atomic mass is 35.5. The first-order chi connectivity index (χ1) is 14.9. The molecule has 0 spiro atoms. The van der Waals surface area contributed by atoms with E-state index in [4.69, 9.17) is 11.6 Å². The van der Waals surface area contributed by atoms with Gasteiger partial charge in [0.15, 0.2) is 17.5 Å². The molecule has 0 radical (unpaired) electrons. The van der Waals surface area contributed by atoms with E-state index in [1.807, 2.05) is 6.92 Å². The van der Waals surface area contributed by atoms with E-state index in [1.165, 1.54) is 6.20 Å². The standard InChI is InChI=1S/C20H24ClFN6O2S/c1-2-7-31(29,30)28-17-6-4-3-5-16(17)26-20-15(22)11-25-19(27-20)14-10-24-18-13(14)8-12(21)9-23-18/h8-11,16-17,28H,2-7H2,1H3,(H,23,24)(H,25,26,27)/t16-,17+/m0/s1. The van der Waals surface area contributed by atoms with Crippen molar-refractivity contribution in [2.45, 2.75) is 51.1 Å². The Morgan fingerprint density at radius 3 is 2.77 bits per heavy atom. The maximum atomic E-state index is 14.6. The van der Waals surface area contributed by atoms with E-state index in [0.717, 1.165) is 24.4 Å². The Balaban J connectivity index is 1.61. The van der Waals surface area contributed by atoms with E-state index in [2.05, 4.69) is 30.0 Å². The lowest BCUT2D eigenvalue weighted by Crippen LogP contribution is -2.49. The van der Waals surface area contributed by atoms with Crippen molar-refractivity contribution >= 4 is 38.5 Å². The molecule has 3 heterocycles. The Hall–Kier alpha value is -2.30. The number of fused-ring (bicyclic) bond motifs is 1. The molecule has 1 aliphatic rings. The monoisotopic (exact) mass is 466 g/mol. The quantitative estimate of drug-likeness (QED) is 0.487. The fourth-order valence-corrected chi connectivity index (χ4v) is 5.50. The van der Waals surface area contributed by atoms with Gasteiger partial charge in [-0.2, -0.15) is 0 Å². The van der Waals surface area contributed by atoms with Crippen LogP contribution in [-0.4, -0.2) is 46.2 Å². The number of pyridine rings is 1. The summed E-state index contributed by atoms with van der Waals surface area (Å²) in [6, 6.07) is 1.16. The summed E-state index contributed by atoms with van der Waals surface area (Å²) in [5.74, 6) is -0.168. The Morgan fingerprint density at radius 2 is 2.00 bits per heavy atom. The lowest BCUT2D eigenvalue weighted by molar-refractivity contribution is 0.377. The molecule has 1 fully saturated rings. The molecule has 8 nitrogen and oxygen atoms in total. The van der Waals surface area contributed by atoms with Crippen molar-refractivity contribution in [3.8, 4) is 11.4 Å². The van der Waals surface area contributed by atoms with Gasteiger partial charge >= 0.3 is 0 Å². The third kappa shape index (κ3) is 4.97. The van der Waals surface area contributed by atoms with Crippen LogP contribution in [0.5, 0.6) is 0 Å². The molecule has 11 heteroatoms. The van der Waals surface area contributed by atoms with Crippen molar-refractivity contribution < 1.29 is 12.8 Å². The molecule has 3 N–H and O–H groups in total. The lowest BCUT2D eigenvalue weighted by Gasteiger charge is -2.33. The predicted octanol–water partition coefficient (Wildman–Crippen LogP) is 3.86. The van der Waals surface area contributed by atoms with Crippen molar-refractivity contribution in [3.05, 3.63) is 35.5 Å². The molecule has 4 rings (SSSR count). The molecule has 1 aliphatic carbocycles. The lowest BCUT2D eigenvalue weighted by atomic mass is 9.91. The predicted molar refractivity (Wildman–Crippen MR) is 119 cm³/mol. The molecule has 0 saturated heterocycles. The molecule has 2 atom stereocenters. The van der Waals surface area contributed by atoms with Gasteiger partial charge in [0.2, 0.25) is 10.0 Å². The molecule has 0 bridgehead atoms. The van der Waals surface area contributed by atoms with Gasteiger partial charge in [-0.3, -0.25) is 0 Å². The largest absolute Gasteiger partial charge is 0.363 e. The summed E-state index contributed by atoms with van der Waals surface area (Å²) < 4.78 is 41.9. The first kappa shape index (κ1) is 21.9. The highest BCUT2D eigenvalue weighted by Gasteiger charge is 2.29. The first-order valence-corrected chi connectivity index (χ1v) is 12.3. The van der Waals surface area contributed by atoms with Crippen LogP contribution in [0.15, 0.2) is 24.7 Å². The maximum absolute atomic E-state index is 14.6. The van der Waals surface area contributed by atoms with E-state index in [1.54, 1.807) is 12.3 Å². The number of H-pyrrole nitrogens is 1. The van der Waals surface area contributed by atoms with Gasteiger partial charge in [-0.05, 0) is 25.3 Å². The van der Waals surface area contributed by atoms with Gasteiger partial charge in [0.1, 0.15) is 5.65 Å². The van der Waals surface area contributed by atoms with E-state index in [-0.39, 0.29) is 23.7 Å². The van der Waals surface area contributed by atoms with Gasteiger partial charge in [0.05, 0.1) is 17.0 Å². The minimum absolute atomic E-state index is 0.0425. The zero-order valence-corrected chi connectivity index (χ0v) is 18.6. The van der Waals surface area contributed by atoms with Crippen LogP contribution in [0.1, 0.15) is 39.0 Å². The van der Waals surface area contributed by atoms with Crippen LogP contribution in [0.25, 0.3) is 22.4 Å². The Labute approximate surface area is 185 Å². The number of nitrogens with zero attached hydrogens (tertiary/aromatic N) is 3. The van der Waals surface area contributed by atoms with Gasteiger partial charge in [-0.25, -0.2) is 32.5 Å². The number of anilines is 1. The summed E-state index contributed by atoms with van der Waals surface area (Å²) >= 11 is 6.07. The summed E-state index contributed by atoms with van der Waals surface area (Å²) in [5, 5.41) is 4.32. The molecule has 0 aliphatic heterocycles. The number of aromatic nitrogens is 4. The number of rotatable bonds is 7. The summed E-state index contributed by atoms with van der Waals surface area (Å²) in [5.41, 5.74) is 1.27. The molecule has 0 amide bonds. The molecule has 166 valence electrons. The van der Waals surface area contributed by atoms with E-state index in [9.17, 15) is 12.8 Å². The third-order valence-corrected chi connectivity index (χ3v) is 7.19. The van der Waals surface area contributed by atoms with Crippen LogP contribution < -0.4 is 10.0 Å². The van der Waals surface area contributed by atoms with Crippen molar-refractivity contribution in [3.63, 3.8) is 0 Å². The number of halogens is 2. The van der Waals surface area contributed by atoms with Gasteiger partial charge < -0.3 is 10.3 Å². The van der Waals surface area contributed by atoms with Gasteiger partial charge in [-0.1, -0.05) is 31.4 Å². The van der Waals surface area contributed by atoms with Crippen molar-refractivity contribution in [1.29, 1.82) is 0 Å². The van der Waals surface area contributed by atoms with E-state index < -0.39 is 15.8 Å². The average Bonchev–Trinajstić information content (AvgIpc) is 3.14. The van der Waals surface area contributed by atoms with Crippen LogP contribution in [0, 0.1) is 5.82 Å². The minimum atomic E-state index is -3.38. The first-order valence-electron chi connectivity index (χ1n) is 10.3. The molecule has 31 heavy (non-hydrogen) atoms. The Morgan fingerprint density at radius 1 is 1.23 bits per heavy atom. The molecule has 0 unspecified atom stereocenters. The fourth-order valence-electron chi connectivity index (χ4n) is 3.94. The van der Waals surface area contributed by atoms with E-state index >= 15 is 0 Å². The number of sulfonamides is 1. The highest BCUT2D eigenvalue weighted by Crippen LogP contribution is 2.29.